The second-order valence-corrected chi connectivity index (χ2v) is 0.874. The average molecular weight is 142 g/mol. The van der Waals surface area contributed by atoms with E-state index in [4.69, 9.17) is 0 Å². The van der Waals surface area contributed by atoms with Crippen molar-refractivity contribution in [3.63, 3.8) is 0 Å². The van der Waals surface area contributed by atoms with Gasteiger partial charge in [0.05, 0.1) is 0 Å². The molecule has 0 fully saturated rings. The molecule has 0 saturated carbocycles. The number of hydrogen-bond donors (Lipinski definition) is 2. The molecule has 4 N–H and O–H groups in total. The molecule has 0 aliphatic carbocycles. The molecule has 0 heterocycles. The fraction of sp³-hybridized carbons (Fsp3) is 0. The summed E-state index contributed by atoms with van der Waals surface area (Å²) in [6, 6.07) is 0. The molecule has 0 amide bonds. The largest absolute Gasteiger partial charge is 0.377 e. The maximum Gasteiger partial charge on any atom is 0.160 e. The Labute approximate surface area is 48.7 Å². The van der Waals surface area contributed by atoms with Crippen LogP contribution in [0.15, 0.2) is 0 Å². The Morgan fingerprint density at radius 2 is 1.40 bits per heavy atom. The van der Waals surface area contributed by atoms with Crippen LogP contribution in [0, 0.1) is 0 Å². The molecule has 5 heavy (non-hydrogen) atoms. The standard InChI is InChI=1S/CH4N2S.Zn/c2-1(3)4;/h(H4,2,3,4);. The zero-order valence-corrected chi connectivity index (χ0v) is 6.55. The van der Waals surface area contributed by atoms with Crippen LogP contribution in [0.1, 0.15) is 0 Å². The van der Waals surface area contributed by atoms with Gasteiger partial charge in [0.2, 0.25) is 0 Å². The summed E-state index contributed by atoms with van der Waals surface area (Å²) in [5.74, 6) is 0. The molecule has 0 saturated heterocycles. The molecule has 0 spiro atoms. The van der Waals surface area contributed by atoms with Crippen LogP contribution in [0.2, 0.25) is 0 Å². The smallest absolute Gasteiger partial charge is 0.160 e. The summed E-state index contributed by atoms with van der Waals surface area (Å²) in [4.78, 5) is 0. The van der Waals surface area contributed by atoms with Gasteiger partial charge in [-0.25, -0.2) is 0 Å². The van der Waals surface area contributed by atoms with E-state index < -0.39 is 0 Å². The van der Waals surface area contributed by atoms with Crippen LogP contribution in [0.4, 0.5) is 0 Å². The van der Waals surface area contributed by atoms with Crippen LogP contribution >= 0.6 is 12.2 Å². The number of nitrogens with two attached hydrogens (primary N) is 2. The summed E-state index contributed by atoms with van der Waals surface area (Å²) in [6.07, 6.45) is 0. The zero-order chi connectivity index (χ0) is 3.58. The molecule has 4 heteroatoms. The molecule has 0 unspecified atom stereocenters. The minimum absolute atomic E-state index is 0. The minimum atomic E-state index is 0. The van der Waals surface area contributed by atoms with Crippen molar-refractivity contribution in [2.45, 2.75) is 0 Å². The monoisotopic (exact) mass is 140 g/mol. The summed E-state index contributed by atoms with van der Waals surface area (Å²) >= 11 is 4.09. The third-order valence-corrected chi connectivity index (χ3v) is 0. The van der Waals surface area contributed by atoms with Crippen LogP contribution in [-0.2, 0) is 19.5 Å². The maximum absolute atomic E-state index is 4.62. The van der Waals surface area contributed by atoms with E-state index in [9.17, 15) is 0 Å². The van der Waals surface area contributed by atoms with Crippen molar-refractivity contribution < 1.29 is 19.5 Å². The van der Waals surface area contributed by atoms with E-state index in [1.54, 1.807) is 0 Å². The van der Waals surface area contributed by atoms with Crippen molar-refractivity contribution in [3.05, 3.63) is 0 Å². The third-order valence-electron chi connectivity index (χ3n) is 0. The van der Waals surface area contributed by atoms with Crippen molar-refractivity contribution in [2.75, 3.05) is 0 Å². The molecular formula is CH4N2SZn. The van der Waals surface area contributed by atoms with Crippen LogP contribution in [0.25, 0.3) is 0 Å². The molecule has 0 atom stereocenters. The maximum atomic E-state index is 4.62. The average Bonchev–Trinajstić information content (AvgIpc) is 0.811. The van der Waals surface area contributed by atoms with Gasteiger partial charge in [0.25, 0.3) is 0 Å². The Morgan fingerprint density at radius 1 is 1.40 bits per heavy atom. The molecule has 0 rings (SSSR count). The van der Waals surface area contributed by atoms with E-state index in [0.717, 1.165) is 0 Å². The first kappa shape index (κ1) is 9.00. The van der Waals surface area contributed by atoms with Gasteiger partial charge in [-0.2, -0.15) is 0 Å². The number of thiocarbonyl (C=S) groups is 1. The number of hydrogen-bond acceptors (Lipinski definition) is 1. The Hall–Kier alpha value is 0.313. The molecule has 0 bridgehead atoms. The molecule has 0 aliphatic heterocycles. The molecule has 0 aromatic heterocycles. The van der Waals surface area contributed by atoms with Gasteiger partial charge < -0.3 is 11.5 Å². The van der Waals surface area contributed by atoms with Gasteiger partial charge in [0.1, 0.15) is 0 Å². The second kappa shape index (κ2) is 4.31. The van der Waals surface area contributed by atoms with Crippen molar-refractivity contribution in [1.82, 2.24) is 0 Å². The van der Waals surface area contributed by atoms with Crippen molar-refractivity contribution in [1.29, 1.82) is 0 Å². The van der Waals surface area contributed by atoms with Gasteiger partial charge in [-0.1, -0.05) is 0 Å². The zero-order valence-electron chi connectivity index (χ0n) is 2.77. The van der Waals surface area contributed by atoms with Gasteiger partial charge in [-0.05, 0) is 12.2 Å². The van der Waals surface area contributed by atoms with E-state index in [0.29, 0.717) is 0 Å². The Morgan fingerprint density at radius 3 is 1.40 bits per heavy atom. The predicted molar refractivity (Wildman–Crippen MR) is 21.0 cm³/mol. The van der Waals surface area contributed by atoms with E-state index >= 15 is 0 Å². The van der Waals surface area contributed by atoms with Crippen LogP contribution in [0.3, 0.4) is 0 Å². The Bertz CT molecular complexity index is 32.6. The minimum Gasteiger partial charge on any atom is -0.377 e. The van der Waals surface area contributed by atoms with Crippen molar-refractivity contribution in [3.8, 4) is 0 Å². The first-order valence-electron chi connectivity index (χ1n) is 0.781. The SMILES string of the molecule is NC(N)=S.[Zn]. The topological polar surface area (TPSA) is 52.0 Å². The van der Waals surface area contributed by atoms with E-state index in [1.165, 1.54) is 0 Å². The molecule has 0 aliphatic rings. The van der Waals surface area contributed by atoms with E-state index in [2.05, 4.69) is 23.7 Å². The fourth-order valence-corrected chi connectivity index (χ4v) is 0. The molecule has 0 aromatic rings. The summed E-state index contributed by atoms with van der Waals surface area (Å²) in [5.41, 5.74) is 9.24. The van der Waals surface area contributed by atoms with Gasteiger partial charge >= 0.3 is 0 Å². The summed E-state index contributed by atoms with van der Waals surface area (Å²) in [7, 11) is 0. The molecule has 0 radical (unpaired) electrons. The molecule has 0 aromatic carbocycles. The summed E-state index contributed by atoms with van der Waals surface area (Å²) < 4.78 is 0. The Kier molecular flexibility index (Phi) is 7.77. The van der Waals surface area contributed by atoms with E-state index in [-0.39, 0.29) is 24.6 Å². The van der Waals surface area contributed by atoms with Gasteiger partial charge in [0, 0.05) is 19.5 Å². The van der Waals surface area contributed by atoms with Gasteiger partial charge in [0.15, 0.2) is 5.11 Å². The summed E-state index contributed by atoms with van der Waals surface area (Å²) in [6.45, 7) is 0. The first-order valence-corrected chi connectivity index (χ1v) is 1.19. The van der Waals surface area contributed by atoms with Crippen molar-refractivity contribution >= 4 is 17.3 Å². The van der Waals surface area contributed by atoms with Gasteiger partial charge in [-0.3, -0.25) is 0 Å². The number of rotatable bonds is 0. The second-order valence-electron chi connectivity index (χ2n) is 0.402. The molecule has 26 valence electrons. The Balaban J connectivity index is 0. The predicted octanol–water partition coefficient (Wildman–Crippen LogP) is -0.814. The van der Waals surface area contributed by atoms with E-state index in [1.807, 2.05) is 0 Å². The van der Waals surface area contributed by atoms with Gasteiger partial charge in [-0.15, -0.1) is 0 Å². The van der Waals surface area contributed by atoms with Crippen molar-refractivity contribution in [2.24, 2.45) is 11.5 Å². The summed E-state index contributed by atoms with van der Waals surface area (Å²) in [5, 5.41) is 0.000000000000000222. The van der Waals surface area contributed by atoms with Crippen LogP contribution in [0.5, 0.6) is 0 Å². The van der Waals surface area contributed by atoms with Crippen LogP contribution < -0.4 is 11.5 Å². The third kappa shape index (κ3) is 235. The molecule has 2 nitrogen and oxygen atoms in total. The fourth-order valence-electron chi connectivity index (χ4n) is 0. The normalized spacial score (nSPS) is 4.80. The van der Waals surface area contributed by atoms with Crippen LogP contribution in [-0.4, -0.2) is 5.11 Å². The molecular weight excluding hydrogens is 137 g/mol. The first-order chi connectivity index (χ1) is 1.73. The quantitative estimate of drug-likeness (QED) is 0.343.